The van der Waals surface area contributed by atoms with E-state index in [9.17, 15) is 0 Å². The van der Waals surface area contributed by atoms with Gasteiger partial charge in [-0.15, -0.1) is 0 Å². The molecular weight excluding hydrogens is 154 g/mol. The molecule has 0 aliphatic carbocycles. The second kappa shape index (κ2) is 4.77. The van der Waals surface area contributed by atoms with E-state index >= 15 is 0 Å². The summed E-state index contributed by atoms with van der Waals surface area (Å²) in [6.07, 6.45) is 3.10. The Bertz CT molecular complexity index is 121. The van der Waals surface area contributed by atoms with E-state index in [2.05, 4.69) is 0 Å². The molecular formula is C8H19N3O. The average molecular weight is 173 g/mol. The maximum Gasteiger partial charge on any atom is 0.0575 e. The molecule has 0 atom stereocenters. The Morgan fingerprint density at radius 2 is 2.00 bits per heavy atom. The number of nitrogens with zero attached hydrogens (tertiary/aromatic N) is 1. The lowest BCUT2D eigenvalue weighted by atomic mass is 9.93. The van der Waals surface area contributed by atoms with E-state index in [0.29, 0.717) is 5.92 Å². The van der Waals surface area contributed by atoms with Crippen molar-refractivity contribution in [3.8, 4) is 0 Å². The summed E-state index contributed by atoms with van der Waals surface area (Å²) in [5, 5.41) is 1.98. The molecule has 0 bridgehead atoms. The third-order valence-electron chi connectivity index (χ3n) is 2.44. The zero-order valence-corrected chi connectivity index (χ0v) is 7.70. The van der Waals surface area contributed by atoms with Crippen LogP contribution >= 0.6 is 0 Å². The molecule has 12 heavy (non-hydrogen) atoms. The highest BCUT2D eigenvalue weighted by Crippen LogP contribution is 2.20. The Labute approximate surface area is 73.8 Å². The first-order valence-corrected chi connectivity index (χ1v) is 4.52. The molecule has 0 amide bonds. The van der Waals surface area contributed by atoms with E-state index in [1.54, 1.807) is 7.11 Å². The summed E-state index contributed by atoms with van der Waals surface area (Å²) in [5.41, 5.74) is 11.0. The molecule has 0 aromatic rings. The zero-order valence-electron chi connectivity index (χ0n) is 7.70. The molecule has 4 heteroatoms. The lowest BCUT2D eigenvalue weighted by Crippen LogP contribution is -2.38. The second-order valence-electron chi connectivity index (χ2n) is 3.45. The molecule has 0 radical (unpaired) electrons. The molecule has 0 aromatic heterocycles. The summed E-state index contributed by atoms with van der Waals surface area (Å²) in [6, 6.07) is 0. The van der Waals surface area contributed by atoms with Gasteiger partial charge in [0.25, 0.3) is 0 Å². The summed E-state index contributed by atoms with van der Waals surface area (Å²) in [7, 11) is 1.72. The number of piperidine rings is 1. The summed E-state index contributed by atoms with van der Waals surface area (Å²) in [5.74, 6) is 0.691. The summed E-state index contributed by atoms with van der Waals surface area (Å²) in [6.45, 7) is 2.02. The number of hydrogen-bond donors (Lipinski definition) is 2. The standard InChI is InChI=1S/C8H19N3O/c1-12-11-4-2-7(3-5-11)6-8(9)10/h7-8H,2-6,9-10H2,1H3. The topological polar surface area (TPSA) is 64.5 Å². The molecule has 1 saturated heterocycles. The van der Waals surface area contributed by atoms with Gasteiger partial charge in [0, 0.05) is 13.1 Å². The minimum atomic E-state index is -0.149. The van der Waals surface area contributed by atoms with Gasteiger partial charge in [0.1, 0.15) is 0 Å². The number of nitrogens with two attached hydrogens (primary N) is 2. The summed E-state index contributed by atoms with van der Waals surface area (Å²) in [4.78, 5) is 5.12. The predicted octanol–water partition coefficient (Wildman–Crippen LogP) is -0.107. The lowest BCUT2D eigenvalue weighted by molar-refractivity contribution is -0.148. The fourth-order valence-corrected chi connectivity index (χ4v) is 1.71. The fourth-order valence-electron chi connectivity index (χ4n) is 1.71. The molecule has 0 unspecified atom stereocenters. The predicted molar refractivity (Wildman–Crippen MR) is 48.1 cm³/mol. The van der Waals surface area contributed by atoms with Gasteiger partial charge in [-0.05, 0) is 25.2 Å². The quantitative estimate of drug-likeness (QED) is 0.585. The SMILES string of the molecule is CON1CCC(CC(N)N)CC1. The summed E-state index contributed by atoms with van der Waals surface area (Å²) < 4.78 is 0. The molecule has 0 saturated carbocycles. The molecule has 1 fully saturated rings. The van der Waals surface area contributed by atoms with Gasteiger partial charge in [-0.25, -0.2) is 0 Å². The molecule has 72 valence electrons. The Hall–Kier alpha value is -0.160. The lowest BCUT2D eigenvalue weighted by Gasteiger charge is -2.30. The zero-order chi connectivity index (χ0) is 8.97. The van der Waals surface area contributed by atoms with Crippen LogP contribution in [0, 0.1) is 5.92 Å². The van der Waals surface area contributed by atoms with Gasteiger partial charge in [0.05, 0.1) is 13.3 Å². The van der Waals surface area contributed by atoms with Crippen LogP contribution < -0.4 is 11.5 Å². The first-order valence-electron chi connectivity index (χ1n) is 4.52. The van der Waals surface area contributed by atoms with Crippen molar-refractivity contribution in [2.45, 2.75) is 25.4 Å². The fraction of sp³-hybridized carbons (Fsp3) is 1.00. The minimum absolute atomic E-state index is 0.149. The minimum Gasteiger partial charge on any atom is -0.316 e. The van der Waals surface area contributed by atoms with Crippen molar-refractivity contribution in [2.75, 3.05) is 20.2 Å². The Morgan fingerprint density at radius 3 is 2.42 bits per heavy atom. The molecule has 0 aromatic carbocycles. The molecule has 1 heterocycles. The van der Waals surface area contributed by atoms with E-state index in [4.69, 9.17) is 16.3 Å². The van der Waals surface area contributed by atoms with Gasteiger partial charge in [0.15, 0.2) is 0 Å². The van der Waals surface area contributed by atoms with Crippen LogP contribution in [0.1, 0.15) is 19.3 Å². The van der Waals surface area contributed by atoms with Crippen LogP contribution in [0.25, 0.3) is 0 Å². The van der Waals surface area contributed by atoms with Crippen molar-refractivity contribution in [3.63, 3.8) is 0 Å². The van der Waals surface area contributed by atoms with Crippen molar-refractivity contribution in [1.82, 2.24) is 5.06 Å². The molecule has 1 rings (SSSR count). The highest BCUT2D eigenvalue weighted by atomic mass is 16.7. The Balaban J connectivity index is 2.17. The second-order valence-corrected chi connectivity index (χ2v) is 3.45. The van der Waals surface area contributed by atoms with Crippen LogP contribution in [0.2, 0.25) is 0 Å². The third-order valence-corrected chi connectivity index (χ3v) is 2.44. The Morgan fingerprint density at radius 1 is 1.42 bits per heavy atom. The van der Waals surface area contributed by atoms with Crippen molar-refractivity contribution >= 4 is 0 Å². The smallest absolute Gasteiger partial charge is 0.0575 e. The monoisotopic (exact) mass is 173 g/mol. The van der Waals surface area contributed by atoms with E-state index in [0.717, 1.165) is 32.4 Å². The van der Waals surface area contributed by atoms with Crippen molar-refractivity contribution in [2.24, 2.45) is 17.4 Å². The molecule has 1 aliphatic rings. The van der Waals surface area contributed by atoms with Crippen LogP contribution in [0.15, 0.2) is 0 Å². The van der Waals surface area contributed by atoms with Crippen LogP contribution in [-0.4, -0.2) is 31.4 Å². The maximum atomic E-state index is 5.52. The van der Waals surface area contributed by atoms with Crippen LogP contribution in [-0.2, 0) is 4.84 Å². The Kier molecular flexibility index (Phi) is 3.94. The largest absolute Gasteiger partial charge is 0.316 e. The van der Waals surface area contributed by atoms with E-state index in [-0.39, 0.29) is 6.17 Å². The molecule has 4 nitrogen and oxygen atoms in total. The van der Waals surface area contributed by atoms with Gasteiger partial charge in [0.2, 0.25) is 0 Å². The number of rotatable bonds is 3. The van der Waals surface area contributed by atoms with Gasteiger partial charge in [-0.1, -0.05) is 0 Å². The van der Waals surface area contributed by atoms with Crippen molar-refractivity contribution in [3.05, 3.63) is 0 Å². The third kappa shape index (κ3) is 3.06. The van der Waals surface area contributed by atoms with Crippen LogP contribution in [0.4, 0.5) is 0 Å². The average Bonchev–Trinajstić information content (AvgIpc) is 2.05. The molecule has 0 spiro atoms. The van der Waals surface area contributed by atoms with E-state index in [1.807, 2.05) is 5.06 Å². The van der Waals surface area contributed by atoms with Crippen LogP contribution in [0.5, 0.6) is 0 Å². The highest BCUT2D eigenvalue weighted by molar-refractivity contribution is 4.70. The van der Waals surface area contributed by atoms with Gasteiger partial charge < -0.3 is 16.3 Å². The van der Waals surface area contributed by atoms with Crippen molar-refractivity contribution in [1.29, 1.82) is 0 Å². The van der Waals surface area contributed by atoms with E-state index in [1.165, 1.54) is 0 Å². The van der Waals surface area contributed by atoms with Gasteiger partial charge in [-0.2, -0.15) is 5.06 Å². The van der Waals surface area contributed by atoms with Crippen LogP contribution in [0.3, 0.4) is 0 Å². The van der Waals surface area contributed by atoms with Crippen molar-refractivity contribution < 1.29 is 4.84 Å². The normalized spacial score (nSPS) is 22.0. The molecule has 4 N–H and O–H groups in total. The number of hydrogen-bond acceptors (Lipinski definition) is 4. The first-order chi connectivity index (χ1) is 5.72. The number of hydroxylamine groups is 2. The highest BCUT2D eigenvalue weighted by Gasteiger charge is 2.19. The van der Waals surface area contributed by atoms with E-state index < -0.39 is 0 Å². The first kappa shape index (κ1) is 9.92. The van der Waals surface area contributed by atoms with Gasteiger partial charge in [-0.3, -0.25) is 0 Å². The maximum absolute atomic E-state index is 5.52. The molecule has 1 aliphatic heterocycles. The van der Waals surface area contributed by atoms with Gasteiger partial charge >= 0.3 is 0 Å². The summed E-state index contributed by atoms with van der Waals surface area (Å²) >= 11 is 0.